The Kier molecular flexibility index (Phi) is 6.97. The number of morpholine rings is 1. The van der Waals surface area contributed by atoms with Crippen LogP contribution in [0.5, 0.6) is 0 Å². The van der Waals surface area contributed by atoms with Gasteiger partial charge in [0, 0.05) is 51.8 Å². The molecule has 2 aliphatic heterocycles. The highest BCUT2D eigenvalue weighted by atomic mass is 19.1. The fraction of sp³-hybridized carbons (Fsp3) is 0.500. The molecule has 0 spiro atoms. The average molecular weight is 482 g/mol. The minimum absolute atomic E-state index is 0.0126. The van der Waals surface area contributed by atoms with Crippen molar-refractivity contribution in [2.45, 2.75) is 25.3 Å². The van der Waals surface area contributed by atoms with E-state index in [-0.39, 0.29) is 36.1 Å². The maximum absolute atomic E-state index is 13.6. The van der Waals surface area contributed by atoms with E-state index < -0.39 is 0 Å². The lowest BCUT2D eigenvalue weighted by Gasteiger charge is -2.31. The first kappa shape index (κ1) is 23.7. The third-order valence-electron chi connectivity index (χ3n) is 7.01. The standard InChI is InChI=1S/C26H32FN5O3/c1-29-10-2-3-23(29)22-17-24(19-6-8-21(27)9-7-19)32(28-22)25(33)18-31(26(34)20-4-5-20)12-11-30-13-15-35-16-14-30/h2-3,6-10,20,24H,4-5,11-18H2,1H3/t24-/m0/s1. The molecule has 1 aromatic carbocycles. The van der Waals surface area contributed by atoms with Gasteiger partial charge in [0.05, 0.1) is 30.7 Å². The molecule has 1 atom stereocenters. The van der Waals surface area contributed by atoms with Crippen molar-refractivity contribution in [3.63, 3.8) is 0 Å². The average Bonchev–Trinajstić information content (AvgIpc) is 3.49. The third-order valence-corrected chi connectivity index (χ3v) is 7.01. The zero-order valence-corrected chi connectivity index (χ0v) is 20.1. The molecule has 0 N–H and O–H groups in total. The Balaban J connectivity index is 1.35. The molecule has 1 aliphatic carbocycles. The van der Waals surface area contributed by atoms with Crippen molar-refractivity contribution >= 4 is 17.5 Å². The van der Waals surface area contributed by atoms with Gasteiger partial charge in [-0.15, -0.1) is 0 Å². The number of hydrogen-bond acceptors (Lipinski definition) is 5. The van der Waals surface area contributed by atoms with E-state index in [1.807, 2.05) is 29.9 Å². The van der Waals surface area contributed by atoms with Crippen LogP contribution in [-0.4, -0.2) is 82.8 Å². The minimum atomic E-state index is -0.342. The highest BCUT2D eigenvalue weighted by Crippen LogP contribution is 2.34. The van der Waals surface area contributed by atoms with Gasteiger partial charge in [-0.3, -0.25) is 14.5 Å². The number of carbonyl (C=O) groups excluding carboxylic acids is 2. The predicted octanol–water partition coefficient (Wildman–Crippen LogP) is 2.41. The van der Waals surface area contributed by atoms with E-state index in [4.69, 9.17) is 9.84 Å². The van der Waals surface area contributed by atoms with Gasteiger partial charge in [0.15, 0.2) is 0 Å². The molecule has 3 aliphatic rings. The van der Waals surface area contributed by atoms with Crippen LogP contribution in [0.4, 0.5) is 4.39 Å². The highest BCUT2D eigenvalue weighted by Gasteiger charge is 2.38. The summed E-state index contributed by atoms with van der Waals surface area (Å²) in [5.74, 6) is -0.464. The molecule has 8 nitrogen and oxygen atoms in total. The number of carbonyl (C=O) groups is 2. The van der Waals surface area contributed by atoms with E-state index in [1.165, 1.54) is 17.1 Å². The van der Waals surface area contributed by atoms with Gasteiger partial charge in [-0.25, -0.2) is 9.40 Å². The topological polar surface area (TPSA) is 70.4 Å². The van der Waals surface area contributed by atoms with Crippen molar-refractivity contribution in [1.82, 2.24) is 19.4 Å². The summed E-state index contributed by atoms with van der Waals surface area (Å²) in [4.78, 5) is 30.6. The molecule has 2 fully saturated rings. The number of amides is 2. The van der Waals surface area contributed by atoms with E-state index in [1.54, 1.807) is 17.0 Å². The second-order valence-corrected chi connectivity index (χ2v) is 9.55. The molecule has 186 valence electrons. The Morgan fingerprint density at radius 2 is 1.89 bits per heavy atom. The Morgan fingerprint density at radius 3 is 2.54 bits per heavy atom. The molecule has 0 bridgehead atoms. The number of ether oxygens (including phenoxy) is 1. The molecular formula is C26H32FN5O3. The van der Waals surface area contributed by atoms with Crippen molar-refractivity contribution in [3.05, 3.63) is 59.7 Å². The fourth-order valence-electron chi connectivity index (χ4n) is 4.78. The second-order valence-electron chi connectivity index (χ2n) is 9.55. The van der Waals surface area contributed by atoms with Crippen LogP contribution >= 0.6 is 0 Å². The summed E-state index contributed by atoms with van der Waals surface area (Å²) in [5.41, 5.74) is 2.56. The Morgan fingerprint density at radius 1 is 1.14 bits per heavy atom. The van der Waals surface area contributed by atoms with Gasteiger partial charge in [-0.05, 0) is 42.7 Å². The zero-order chi connectivity index (χ0) is 24.4. The first-order valence-electron chi connectivity index (χ1n) is 12.3. The molecule has 1 aromatic heterocycles. The normalized spacial score (nSPS) is 20.7. The van der Waals surface area contributed by atoms with Crippen molar-refractivity contribution in [1.29, 1.82) is 0 Å². The number of halogens is 1. The number of rotatable bonds is 8. The summed E-state index contributed by atoms with van der Waals surface area (Å²) in [6, 6.07) is 9.79. The third kappa shape index (κ3) is 5.46. The molecule has 0 unspecified atom stereocenters. The van der Waals surface area contributed by atoms with Crippen LogP contribution in [0.3, 0.4) is 0 Å². The van der Waals surface area contributed by atoms with Gasteiger partial charge in [0.2, 0.25) is 5.91 Å². The summed E-state index contributed by atoms with van der Waals surface area (Å²) in [7, 11) is 1.94. The maximum atomic E-state index is 13.6. The summed E-state index contributed by atoms with van der Waals surface area (Å²) < 4.78 is 21.0. The SMILES string of the molecule is Cn1cccc1C1=NN(C(=O)CN(CCN2CCOCC2)C(=O)C2CC2)[C@H](c2ccc(F)cc2)C1. The number of nitrogens with zero attached hydrogens (tertiary/aromatic N) is 5. The number of hydrogen-bond donors (Lipinski definition) is 0. The lowest BCUT2D eigenvalue weighted by Crippen LogP contribution is -2.47. The van der Waals surface area contributed by atoms with E-state index in [2.05, 4.69) is 4.90 Å². The summed E-state index contributed by atoms with van der Waals surface area (Å²) in [6.45, 7) is 4.27. The molecule has 9 heteroatoms. The molecule has 5 rings (SSSR count). The highest BCUT2D eigenvalue weighted by molar-refractivity contribution is 6.02. The van der Waals surface area contributed by atoms with Crippen LogP contribution in [0, 0.1) is 11.7 Å². The van der Waals surface area contributed by atoms with E-state index in [0.717, 1.165) is 42.9 Å². The Hall–Kier alpha value is -3.04. The summed E-state index contributed by atoms with van der Waals surface area (Å²) in [5, 5.41) is 6.21. The van der Waals surface area contributed by atoms with Crippen molar-refractivity contribution in [3.8, 4) is 0 Å². The Bertz CT molecular complexity index is 1090. The number of hydrazone groups is 1. The first-order chi connectivity index (χ1) is 17.0. The second kappa shape index (κ2) is 10.3. The van der Waals surface area contributed by atoms with Gasteiger partial charge in [0.25, 0.3) is 5.91 Å². The van der Waals surface area contributed by atoms with Crippen LogP contribution in [0.2, 0.25) is 0 Å². The molecule has 1 saturated heterocycles. The van der Waals surface area contributed by atoms with Crippen LogP contribution in [0.15, 0.2) is 47.7 Å². The van der Waals surface area contributed by atoms with E-state index in [0.29, 0.717) is 32.7 Å². The quantitative estimate of drug-likeness (QED) is 0.581. The van der Waals surface area contributed by atoms with Gasteiger partial charge < -0.3 is 14.2 Å². The number of aromatic nitrogens is 1. The predicted molar refractivity (Wildman–Crippen MR) is 129 cm³/mol. The molecule has 0 radical (unpaired) electrons. The van der Waals surface area contributed by atoms with Crippen molar-refractivity contribution in [2.75, 3.05) is 45.9 Å². The Labute approximate surface area is 204 Å². The van der Waals surface area contributed by atoms with Crippen molar-refractivity contribution < 1.29 is 18.7 Å². The molecule has 2 aromatic rings. The van der Waals surface area contributed by atoms with E-state index in [9.17, 15) is 14.0 Å². The van der Waals surface area contributed by atoms with Crippen LogP contribution in [0.1, 0.15) is 36.6 Å². The first-order valence-corrected chi connectivity index (χ1v) is 12.3. The van der Waals surface area contributed by atoms with Gasteiger partial charge in [0.1, 0.15) is 12.4 Å². The molecule has 35 heavy (non-hydrogen) atoms. The molecular weight excluding hydrogens is 449 g/mol. The van der Waals surface area contributed by atoms with Crippen LogP contribution in [-0.2, 0) is 21.4 Å². The van der Waals surface area contributed by atoms with E-state index >= 15 is 0 Å². The van der Waals surface area contributed by atoms with Crippen LogP contribution < -0.4 is 0 Å². The molecule has 2 amide bonds. The lowest BCUT2D eigenvalue weighted by molar-refractivity contribution is -0.142. The van der Waals surface area contributed by atoms with Gasteiger partial charge in [-0.2, -0.15) is 5.10 Å². The minimum Gasteiger partial charge on any atom is -0.379 e. The smallest absolute Gasteiger partial charge is 0.262 e. The monoisotopic (exact) mass is 481 g/mol. The number of aryl methyl sites for hydroxylation is 1. The van der Waals surface area contributed by atoms with Crippen molar-refractivity contribution in [2.24, 2.45) is 18.1 Å². The van der Waals surface area contributed by atoms with Gasteiger partial charge in [-0.1, -0.05) is 12.1 Å². The van der Waals surface area contributed by atoms with Crippen LogP contribution in [0.25, 0.3) is 0 Å². The lowest BCUT2D eigenvalue weighted by atomic mass is 10.0. The summed E-state index contributed by atoms with van der Waals surface area (Å²) >= 11 is 0. The summed E-state index contributed by atoms with van der Waals surface area (Å²) in [6.07, 6.45) is 4.24. The molecule has 3 heterocycles. The number of benzene rings is 1. The maximum Gasteiger partial charge on any atom is 0.262 e. The fourth-order valence-corrected chi connectivity index (χ4v) is 4.78. The molecule has 1 saturated carbocycles. The van der Waals surface area contributed by atoms with Gasteiger partial charge >= 0.3 is 0 Å². The largest absolute Gasteiger partial charge is 0.379 e. The zero-order valence-electron chi connectivity index (χ0n) is 20.1.